The lowest BCUT2D eigenvalue weighted by Gasteiger charge is -2.08. The number of hydrogen-bond donors (Lipinski definition) is 0. The van der Waals surface area contributed by atoms with E-state index < -0.39 is 0 Å². The molecule has 57 heavy (non-hydrogen) atoms. The molecule has 0 aliphatic heterocycles. The Balaban J connectivity index is 0.959. The van der Waals surface area contributed by atoms with Crippen molar-refractivity contribution < 1.29 is 4.42 Å². The van der Waals surface area contributed by atoms with E-state index >= 15 is 0 Å². The maximum absolute atomic E-state index is 6.66. The van der Waals surface area contributed by atoms with E-state index in [1.165, 1.54) is 47.7 Å². The number of thiophene rings is 1. The SMILES string of the molecule is c1ccc(-c2nc(-c3ccccc3)nc(-c3ccc4oc5c(-c6ccc7c(c6)sc6ccc(-n8c9ccccc9c9ccccc98)cc67)cccc5c4c3)n2)cc1. The third kappa shape index (κ3) is 5.12. The van der Waals surface area contributed by atoms with Gasteiger partial charge in [-0.05, 0) is 60.2 Å². The van der Waals surface area contributed by atoms with Crippen molar-refractivity contribution in [3.8, 4) is 51.0 Å². The Morgan fingerprint density at radius 3 is 1.70 bits per heavy atom. The van der Waals surface area contributed by atoms with E-state index in [9.17, 15) is 0 Å². The molecule has 266 valence electrons. The Bertz CT molecular complexity index is 3420. The summed E-state index contributed by atoms with van der Waals surface area (Å²) in [5, 5.41) is 7.13. The number of benzene rings is 8. The molecule has 0 bridgehead atoms. The van der Waals surface area contributed by atoms with E-state index in [2.05, 4.69) is 114 Å². The minimum Gasteiger partial charge on any atom is -0.455 e. The van der Waals surface area contributed by atoms with Crippen LogP contribution in [0.5, 0.6) is 0 Å². The standard InChI is InChI=1S/C51H30N4OS/c1-3-12-31(13-4-1)49-52-50(32-14-5-2-6-15-32)54-51(53-49)34-23-26-45-41(28-34)40-19-11-18-36(48(40)56-45)33-22-25-39-42-30-35(24-27-46(42)57-47(39)29-33)55-43-20-9-7-16-37(43)38-17-8-10-21-44(38)55/h1-30H. The molecule has 8 aromatic carbocycles. The smallest absolute Gasteiger partial charge is 0.164 e. The highest BCUT2D eigenvalue weighted by Gasteiger charge is 2.18. The molecule has 0 radical (unpaired) electrons. The Morgan fingerprint density at radius 2 is 1.00 bits per heavy atom. The van der Waals surface area contributed by atoms with Crippen LogP contribution in [-0.2, 0) is 0 Å². The number of hydrogen-bond acceptors (Lipinski definition) is 5. The van der Waals surface area contributed by atoms with Gasteiger partial charge in [-0.15, -0.1) is 11.3 Å². The minimum atomic E-state index is 0.617. The fourth-order valence-electron chi connectivity index (χ4n) is 8.38. The van der Waals surface area contributed by atoms with E-state index in [-0.39, 0.29) is 0 Å². The predicted octanol–water partition coefficient (Wildman–Crippen LogP) is 13.9. The zero-order chi connectivity index (χ0) is 37.5. The fraction of sp³-hybridized carbons (Fsp3) is 0. The summed E-state index contributed by atoms with van der Waals surface area (Å²) in [4.78, 5) is 14.8. The van der Waals surface area contributed by atoms with Gasteiger partial charge in [-0.3, -0.25) is 0 Å². The Kier molecular flexibility index (Phi) is 7.03. The number of nitrogens with zero attached hydrogens (tertiary/aromatic N) is 4. The zero-order valence-corrected chi connectivity index (χ0v) is 31.2. The fourth-order valence-corrected chi connectivity index (χ4v) is 9.50. The van der Waals surface area contributed by atoms with Crippen LogP contribution in [0, 0.1) is 0 Å². The van der Waals surface area contributed by atoms with Crippen LogP contribution < -0.4 is 0 Å². The largest absolute Gasteiger partial charge is 0.455 e. The third-order valence-electron chi connectivity index (χ3n) is 11.1. The van der Waals surface area contributed by atoms with Crippen molar-refractivity contribution in [2.75, 3.05) is 0 Å². The van der Waals surface area contributed by atoms with E-state index in [0.29, 0.717) is 17.5 Å². The lowest BCUT2D eigenvalue weighted by molar-refractivity contribution is 0.670. The summed E-state index contributed by atoms with van der Waals surface area (Å²) in [6.45, 7) is 0. The highest BCUT2D eigenvalue weighted by atomic mass is 32.1. The van der Waals surface area contributed by atoms with Gasteiger partial charge >= 0.3 is 0 Å². The Morgan fingerprint density at radius 1 is 0.386 bits per heavy atom. The molecule has 12 rings (SSSR count). The Hall–Kier alpha value is -7.41. The van der Waals surface area contributed by atoms with Gasteiger partial charge in [0.05, 0.1) is 11.0 Å². The summed E-state index contributed by atoms with van der Waals surface area (Å²) in [5.74, 6) is 1.89. The molecule has 5 nitrogen and oxygen atoms in total. The monoisotopic (exact) mass is 746 g/mol. The van der Waals surface area contributed by atoms with Crippen molar-refractivity contribution in [1.82, 2.24) is 19.5 Å². The summed E-state index contributed by atoms with van der Waals surface area (Å²) in [6, 6.07) is 63.8. The van der Waals surface area contributed by atoms with Gasteiger partial charge in [-0.25, -0.2) is 15.0 Å². The molecule has 0 aliphatic rings. The van der Waals surface area contributed by atoms with Crippen molar-refractivity contribution >= 4 is 75.3 Å². The van der Waals surface area contributed by atoms with Crippen molar-refractivity contribution in [2.45, 2.75) is 0 Å². The molecule has 0 spiro atoms. The molecule has 0 aliphatic carbocycles. The normalized spacial score (nSPS) is 11.9. The van der Waals surface area contributed by atoms with Crippen molar-refractivity contribution in [3.63, 3.8) is 0 Å². The topological polar surface area (TPSA) is 56.7 Å². The molecule has 4 aromatic heterocycles. The molecular formula is C51H30N4OS. The average molecular weight is 747 g/mol. The summed E-state index contributed by atoms with van der Waals surface area (Å²) in [5.41, 5.74) is 10.3. The zero-order valence-electron chi connectivity index (χ0n) is 30.4. The first kappa shape index (κ1) is 31.9. The van der Waals surface area contributed by atoms with E-state index in [1.807, 2.05) is 84.1 Å². The van der Waals surface area contributed by atoms with E-state index in [4.69, 9.17) is 19.4 Å². The first-order chi connectivity index (χ1) is 28.2. The maximum atomic E-state index is 6.66. The number of rotatable bonds is 5. The Labute approximate surface area is 330 Å². The van der Waals surface area contributed by atoms with Gasteiger partial charge in [0.1, 0.15) is 11.2 Å². The molecule has 0 N–H and O–H groups in total. The second-order valence-electron chi connectivity index (χ2n) is 14.4. The first-order valence-corrected chi connectivity index (χ1v) is 19.8. The van der Waals surface area contributed by atoms with Crippen LogP contribution in [0.3, 0.4) is 0 Å². The first-order valence-electron chi connectivity index (χ1n) is 19.0. The number of fused-ring (bicyclic) bond motifs is 9. The molecule has 0 atom stereocenters. The molecular weight excluding hydrogens is 717 g/mol. The maximum Gasteiger partial charge on any atom is 0.164 e. The van der Waals surface area contributed by atoms with E-state index in [1.54, 1.807) is 0 Å². The van der Waals surface area contributed by atoms with E-state index in [0.717, 1.165) is 49.8 Å². The predicted molar refractivity (Wildman–Crippen MR) is 236 cm³/mol. The lowest BCUT2D eigenvalue weighted by atomic mass is 10.0. The van der Waals surface area contributed by atoms with Gasteiger partial charge in [0.15, 0.2) is 17.5 Å². The second kappa shape index (κ2) is 12.6. The van der Waals surface area contributed by atoms with Crippen molar-refractivity contribution in [2.24, 2.45) is 0 Å². The number of aromatic nitrogens is 4. The molecule has 6 heteroatoms. The molecule has 0 amide bonds. The van der Waals surface area contributed by atoms with Crippen LogP contribution in [0.25, 0.3) is 115 Å². The molecule has 0 unspecified atom stereocenters. The summed E-state index contributed by atoms with van der Waals surface area (Å²) in [6.07, 6.45) is 0. The van der Waals surface area contributed by atoms with Crippen molar-refractivity contribution in [3.05, 3.63) is 182 Å². The van der Waals surface area contributed by atoms with Gasteiger partial charge in [0, 0.05) is 69.7 Å². The van der Waals surface area contributed by atoms with Gasteiger partial charge in [0.25, 0.3) is 0 Å². The molecule has 0 saturated carbocycles. The van der Waals surface area contributed by atoms with Crippen LogP contribution >= 0.6 is 11.3 Å². The van der Waals surface area contributed by atoms with Crippen LogP contribution in [-0.4, -0.2) is 19.5 Å². The van der Waals surface area contributed by atoms with Gasteiger partial charge in [-0.1, -0.05) is 127 Å². The summed E-state index contributed by atoms with van der Waals surface area (Å²) < 4.78 is 11.6. The summed E-state index contributed by atoms with van der Waals surface area (Å²) in [7, 11) is 0. The summed E-state index contributed by atoms with van der Waals surface area (Å²) >= 11 is 1.83. The van der Waals surface area contributed by atoms with Crippen LogP contribution in [0.4, 0.5) is 0 Å². The average Bonchev–Trinajstić information content (AvgIpc) is 3.95. The van der Waals surface area contributed by atoms with Crippen LogP contribution in [0.2, 0.25) is 0 Å². The van der Waals surface area contributed by atoms with Crippen molar-refractivity contribution in [1.29, 1.82) is 0 Å². The molecule has 0 saturated heterocycles. The quantitative estimate of drug-likeness (QED) is 0.176. The van der Waals surface area contributed by atoms with Gasteiger partial charge in [-0.2, -0.15) is 0 Å². The third-order valence-corrected chi connectivity index (χ3v) is 12.2. The number of furan rings is 1. The van der Waals surface area contributed by atoms with Crippen LogP contribution in [0.15, 0.2) is 186 Å². The highest BCUT2D eigenvalue weighted by molar-refractivity contribution is 7.25. The molecule has 12 aromatic rings. The van der Waals surface area contributed by atoms with Gasteiger partial charge in [0.2, 0.25) is 0 Å². The van der Waals surface area contributed by atoms with Gasteiger partial charge < -0.3 is 8.98 Å². The number of para-hydroxylation sites is 3. The van der Waals surface area contributed by atoms with Crippen LogP contribution in [0.1, 0.15) is 0 Å². The molecule has 4 heterocycles. The highest BCUT2D eigenvalue weighted by Crippen LogP contribution is 2.42. The minimum absolute atomic E-state index is 0.617. The molecule has 0 fully saturated rings. The lowest BCUT2D eigenvalue weighted by Crippen LogP contribution is -2.00. The second-order valence-corrected chi connectivity index (χ2v) is 15.5.